The predicted octanol–water partition coefficient (Wildman–Crippen LogP) is 6.73. The van der Waals surface area contributed by atoms with E-state index in [1.54, 1.807) is 54.6 Å². The van der Waals surface area contributed by atoms with Crippen molar-refractivity contribution in [2.24, 2.45) is 0 Å². The van der Waals surface area contributed by atoms with Crippen LogP contribution in [0.3, 0.4) is 0 Å². The maximum atomic E-state index is 12.9. The van der Waals surface area contributed by atoms with Gasteiger partial charge in [-0.2, -0.15) is 0 Å². The fourth-order valence-corrected chi connectivity index (χ4v) is 4.37. The molecule has 0 aromatic heterocycles. The summed E-state index contributed by atoms with van der Waals surface area (Å²) in [6, 6.07) is 17.8. The Kier molecular flexibility index (Phi) is 10.3. The number of ketones is 2. The van der Waals surface area contributed by atoms with Gasteiger partial charge in [0.05, 0.1) is 35.5 Å². The first kappa shape index (κ1) is 32.0. The quantitative estimate of drug-likeness (QED) is 0.124. The molecule has 0 atom stereocenters. The first-order chi connectivity index (χ1) is 21.7. The minimum absolute atomic E-state index is 0.00955. The minimum atomic E-state index is -0.465. The first-order valence-electron chi connectivity index (χ1n) is 13.5. The number of methoxy groups -OCH3 is 5. The van der Waals surface area contributed by atoms with Gasteiger partial charge in [0.1, 0.15) is 51.4 Å². The van der Waals surface area contributed by atoms with Crippen molar-refractivity contribution in [1.29, 1.82) is 0 Å². The third-order valence-corrected chi connectivity index (χ3v) is 6.66. The molecule has 10 heteroatoms. The average molecular weight is 613 g/mol. The van der Waals surface area contributed by atoms with E-state index in [0.29, 0.717) is 39.9 Å². The summed E-state index contributed by atoms with van der Waals surface area (Å²) in [5, 5.41) is 20.7. The molecule has 4 aromatic carbocycles. The van der Waals surface area contributed by atoms with E-state index in [-0.39, 0.29) is 34.1 Å². The molecule has 0 unspecified atom stereocenters. The fourth-order valence-electron chi connectivity index (χ4n) is 4.37. The molecule has 0 aliphatic carbocycles. The number of carbonyl (C=O) groups is 2. The largest absolute Gasteiger partial charge is 0.507 e. The van der Waals surface area contributed by atoms with Gasteiger partial charge < -0.3 is 38.6 Å². The van der Waals surface area contributed by atoms with E-state index >= 15 is 0 Å². The summed E-state index contributed by atoms with van der Waals surface area (Å²) in [5.41, 5.74) is 1.39. The van der Waals surface area contributed by atoms with Crippen LogP contribution in [-0.4, -0.2) is 57.3 Å². The van der Waals surface area contributed by atoms with Crippen LogP contribution in [0.25, 0.3) is 12.2 Å². The molecule has 10 nitrogen and oxygen atoms in total. The van der Waals surface area contributed by atoms with Crippen molar-refractivity contribution in [2.75, 3.05) is 35.5 Å². The van der Waals surface area contributed by atoms with E-state index in [0.717, 1.165) is 0 Å². The van der Waals surface area contributed by atoms with Crippen LogP contribution in [0.5, 0.6) is 51.7 Å². The maximum Gasteiger partial charge on any atom is 0.193 e. The van der Waals surface area contributed by atoms with Gasteiger partial charge in [-0.25, -0.2) is 0 Å². The number of rotatable bonds is 13. The van der Waals surface area contributed by atoms with Crippen LogP contribution in [0.1, 0.15) is 31.8 Å². The van der Waals surface area contributed by atoms with E-state index in [1.807, 2.05) is 0 Å². The summed E-state index contributed by atoms with van der Waals surface area (Å²) in [5.74, 6) is 1.04. The molecule has 0 bridgehead atoms. The molecule has 0 amide bonds. The van der Waals surface area contributed by atoms with Gasteiger partial charge in [-0.3, -0.25) is 9.59 Å². The number of hydrogen-bond donors (Lipinski definition) is 2. The highest BCUT2D eigenvalue weighted by Crippen LogP contribution is 2.36. The number of hydrogen-bond acceptors (Lipinski definition) is 10. The molecule has 0 aliphatic rings. The molecule has 0 saturated heterocycles. The van der Waals surface area contributed by atoms with Gasteiger partial charge in [0.25, 0.3) is 0 Å². The number of phenols is 2. The van der Waals surface area contributed by atoms with Gasteiger partial charge in [-0.15, -0.1) is 0 Å². The van der Waals surface area contributed by atoms with Crippen molar-refractivity contribution >= 4 is 23.7 Å². The molecule has 0 heterocycles. The van der Waals surface area contributed by atoms with Crippen LogP contribution >= 0.6 is 0 Å². The Labute approximate surface area is 260 Å². The summed E-state index contributed by atoms with van der Waals surface area (Å²) in [6.07, 6.45) is 5.84. The third kappa shape index (κ3) is 7.55. The second-order valence-electron chi connectivity index (χ2n) is 9.42. The van der Waals surface area contributed by atoms with Crippen LogP contribution in [0, 0.1) is 0 Å². The lowest BCUT2D eigenvalue weighted by Gasteiger charge is -2.12. The van der Waals surface area contributed by atoms with E-state index in [1.165, 1.54) is 72.0 Å². The zero-order valence-electron chi connectivity index (χ0n) is 25.3. The minimum Gasteiger partial charge on any atom is -0.507 e. The summed E-state index contributed by atoms with van der Waals surface area (Å²) in [7, 11) is 7.21. The average Bonchev–Trinajstić information content (AvgIpc) is 3.05. The number of ether oxygens (including phenoxy) is 6. The van der Waals surface area contributed by atoms with E-state index in [2.05, 4.69) is 0 Å². The van der Waals surface area contributed by atoms with Crippen LogP contribution in [0.15, 0.2) is 78.9 Å². The summed E-state index contributed by atoms with van der Waals surface area (Å²) < 4.78 is 32.2. The topological polar surface area (TPSA) is 130 Å². The highest BCUT2D eigenvalue weighted by molar-refractivity contribution is 6.11. The maximum absolute atomic E-state index is 12.9. The molecule has 2 N–H and O–H groups in total. The van der Waals surface area contributed by atoms with Crippen molar-refractivity contribution in [3.05, 3.63) is 101 Å². The molecule has 232 valence electrons. The Morgan fingerprint density at radius 1 is 0.511 bits per heavy atom. The summed E-state index contributed by atoms with van der Waals surface area (Å²) >= 11 is 0. The first-order valence-corrected chi connectivity index (χ1v) is 13.5. The zero-order chi connectivity index (χ0) is 32.5. The Bertz CT molecular complexity index is 1750. The van der Waals surface area contributed by atoms with Crippen molar-refractivity contribution in [2.45, 2.75) is 0 Å². The van der Waals surface area contributed by atoms with Gasteiger partial charge in [0.15, 0.2) is 23.1 Å². The Balaban J connectivity index is 1.49. The summed E-state index contributed by atoms with van der Waals surface area (Å²) in [4.78, 5) is 25.7. The third-order valence-electron chi connectivity index (χ3n) is 6.66. The Morgan fingerprint density at radius 2 is 0.978 bits per heavy atom. The second-order valence-corrected chi connectivity index (χ2v) is 9.42. The smallest absolute Gasteiger partial charge is 0.193 e. The highest BCUT2D eigenvalue weighted by atomic mass is 16.5. The van der Waals surface area contributed by atoms with Crippen molar-refractivity contribution in [3.63, 3.8) is 0 Å². The van der Waals surface area contributed by atoms with E-state index in [9.17, 15) is 19.8 Å². The van der Waals surface area contributed by atoms with Gasteiger partial charge in [-0.05, 0) is 47.5 Å². The molecular formula is C35H32O10. The van der Waals surface area contributed by atoms with E-state index in [4.69, 9.17) is 28.4 Å². The number of benzene rings is 4. The SMILES string of the molecule is COc1cc(O)c(C(=O)/C=C/c2ccc(Oc3cc(/C=C/C(=O)c4c(O)cc(OC)cc4OC)ccc3OC)cc2)c(OC)c1. The van der Waals surface area contributed by atoms with Gasteiger partial charge in [-0.1, -0.05) is 30.4 Å². The molecular weight excluding hydrogens is 580 g/mol. The molecule has 45 heavy (non-hydrogen) atoms. The van der Waals surface area contributed by atoms with Gasteiger partial charge in [0, 0.05) is 24.3 Å². The van der Waals surface area contributed by atoms with Crippen molar-refractivity contribution < 1.29 is 48.2 Å². The number of phenolic OH excluding ortho intramolecular Hbond substituents is 2. The molecule has 0 radical (unpaired) electrons. The normalized spacial score (nSPS) is 11.0. The monoisotopic (exact) mass is 612 g/mol. The Hall–Kier alpha value is -5.90. The van der Waals surface area contributed by atoms with Crippen LogP contribution in [0.4, 0.5) is 0 Å². The van der Waals surface area contributed by atoms with Crippen LogP contribution in [-0.2, 0) is 0 Å². The number of aromatic hydroxyl groups is 2. The zero-order valence-corrected chi connectivity index (χ0v) is 25.3. The van der Waals surface area contributed by atoms with Crippen LogP contribution < -0.4 is 28.4 Å². The summed E-state index contributed by atoms with van der Waals surface area (Å²) in [6.45, 7) is 0. The highest BCUT2D eigenvalue weighted by Gasteiger charge is 2.19. The van der Waals surface area contributed by atoms with Crippen molar-refractivity contribution in [3.8, 4) is 51.7 Å². The fraction of sp³-hybridized carbons (Fsp3) is 0.143. The standard InChI is InChI=1S/C35H32O10/c1-40-24-17-28(38)34(32(19-24)43-4)26(36)13-8-21-6-11-23(12-7-21)45-31-16-22(10-15-30(31)42-3)9-14-27(37)35-29(39)18-25(41-2)20-33(35)44-5/h6-20,38-39H,1-5H3/b13-8+,14-9+. The lowest BCUT2D eigenvalue weighted by atomic mass is 10.1. The molecule has 4 rings (SSSR count). The van der Waals surface area contributed by atoms with Gasteiger partial charge >= 0.3 is 0 Å². The second kappa shape index (κ2) is 14.5. The van der Waals surface area contributed by atoms with Crippen molar-refractivity contribution in [1.82, 2.24) is 0 Å². The molecule has 0 aliphatic heterocycles. The lowest BCUT2D eigenvalue weighted by molar-refractivity contribution is 0.103. The predicted molar refractivity (Wildman–Crippen MR) is 169 cm³/mol. The molecule has 0 saturated carbocycles. The number of allylic oxidation sites excluding steroid dienone is 2. The Morgan fingerprint density at radius 3 is 1.44 bits per heavy atom. The van der Waals surface area contributed by atoms with E-state index < -0.39 is 11.6 Å². The number of carbonyl (C=O) groups excluding carboxylic acids is 2. The molecule has 4 aromatic rings. The molecule has 0 spiro atoms. The van der Waals surface area contributed by atoms with Crippen LogP contribution in [0.2, 0.25) is 0 Å². The lowest BCUT2D eigenvalue weighted by Crippen LogP contribution is -2.00. The molecule has 0 fully saturated rings. The van der Waals surface area contributed by atoms with Gasteiger partial charge in [0.2, 0.25) is 0 Å².